The van der Waals surface area contributed by atoms with Crippen LogP contribution < -0.4 is 0 Å². The quantitative estimate of drug-likeness (QED) is 0.704. The number of rotatable bonds is 3. The normalized spacial score (nSPS) is 13.0. The van der Waals surface area contributed by atoms with Gasteiger partial charge in [0.1, 0.15) is 4.90 Å². The molecule has 22 heavy (non-hydrogen) atoms. The molecule has 0 amide bonds. The molecule has 3 rings (SSSR count). The molecular formula is C18H20O3S. The lowest BCUT2D eigenvalue weighted by Gasteiger charge is -2.31. The van der Waals surface area contributed by atoms with Gasteiger partial charge in [-0.3, -0.25) is 4.55 Å². The fourth-order valence-electron chi connectivity index (χ4n) is 3.39. The predicted octanol–water partition coefficient (Wildman–Crippen LogP) is 4.83. The van der Waals surface area contributed by atoms with Crippen molar-refractivity contribution in [3.05, 3.63) is 41.5 Å². The molecule has 0 aliphatic heterocycles. The maximum Gasteiger partial charge on any atom is 0.295 e. The van der Waals surface area contributed by atoms with Crippen LogP contribution >= 0.6 is 0 Å². The molecule has 1 aliphatic rings. The fourth-order valence-corrected chi connectivity index (χ4v) is 4.50. The third-order valence-corrected chi connectivity index (χ3v) is 5.24. The van der Waals surface area contributed by atoms with Gasteiger partial charge in [0.25, 0.3) is 10.1 Å². The van der Waals surface area contributed by atoms with Crippen LogP contribution in [0.5, 0.6) is 0 Å². The van der Waals surface area contributed by atoms with Crippen molar-refractivity contribution < 1.29 is 13.0 Å². The monoisotopic (exact) mass is 316 g/mol. The molecule has 0 heterocycles. The van der Waals surface area contributed by atoms with Crippen LogP contribution in [-0.2, 0) is 10.1 Å². The largest absolute Gasteiger partial charge is 0.295 e. The van der Waals surface area contributed by atoms with E-state index in [0.29, 0.717) is 5.56 Å². The first kappa shape index (κ1) is 15.3. The van der Waals surface area contributed by atoms with Gasteiger partial charge in [0.2, 0.25) is 0 Å². The van der Waals surface area contributed by atoms with Gasteiger partial charge in [-0.15, -0.1) is 0 Å². The topological polar surface area (TPSA) is 54.4 Å². The summed E-state index contributed by atoms with van der Waals surface area (Å²) in [5.74, 6) is 0.211. The molecule has 1 aliphatic carbocycles. The summed E-state index contributed by atoms with van der Waals surface area (Å²) in [5.41, 5.74) is 5.30. The Bertz CT molecular complexity index is 862. The summed E-state index contributed by atoms with van der Waals surface area (Å²) in [4.78, 5) is 0.0994. The van der Waals surface area contributed by atoms with Crippen LogP contribution in [0.2, 0.25) is 0 Å². The third kappa shape index (κ3) is 2.09. The van der Waals surface area contributed by atoms with Crippen molar-refractivity contribution in [3.63, 3.8) is 0 Å². The molecule has 0 saturated carbocycles. The van der Waals surface area contributed by atoms with Gasteiger partial charge in [0.05, 0.1) is 0 Å². The molecule has 4 heteroatoms. The van der Waals surface area contributed by atoms with Gasteiger partial charge in [0, 0.05) is 5.56 Å². The highest BCUT2D eigenvalue weighted by Crippen LogP contribution is 2.53. The smallest absolute Gasteiger partial charge is 0.282 e. The lowest BCUT2D eigenvalue weighted by Crippen LogP contribution is -2.15. The highest BCUT2D eigenvalue weighted by molar-refractivity contribution is 7.86. The maximum atomic E-state index is 12.1. The molecule has 0 fully saturated rings. The summed E-state index contributed by atoms with van der Waals surface area (Å²) in [7, 11) is -4.28. The van der Waals surface area contributed by atoms with E-state index in [4.69, 9.17) is 0 Å². The van der Waals surface area contributed by atoms with E-state index in [0.717, 1.165) is 27.8 Å². The van der Waals surface area contributed by atoms with Gasteiger partial charge in [-0.05, 0) is 45.7 Å². The van der Waals surface area contributed by atoms with E-state index < -0.39 is 10.1 Å². The van der Waals surface area contributed by atoms with Gasteiger partial charge >= 0.3 is 0 Å². The Morgan fingerprint density at radius 2 is 1.50 bits per heavy atom. The number of hydrogen-bond donors (Lipinski definition) is 1. The lowest BCUT2D eigenvalue weighted by molar-refractivity contribution is 0.481. The zero-order chi connectivity index (χ0) is 16.2. The Morgan fingerprint density at radius 3 is 2.00 bits per heavy atom. The fraction of sp³-hybridized carbons (Fsp3) is 0.333. The molecule has 3 nitrogen and oxygen atoms in total. The first-order valence-electron chi connectivity index (χ1n) is 7.51. The Morgan fingerprint density at radius 1 is 0.909 bits per heavy atom. The molecule has 0 radical (unpaired) electrons. The average molecular weight is 316 g/mol. The van der Waals surface area contributed by atoms with Gasteiger partial charge in [-0.1, -0.05) is 52.0 Å². The second-order valence-electron chi connectivity index (χ2n) is 6.46. The van der Waals surface area contributed by atoms with Gasteiger partial charge in [-0.2, -0.15) is 8.42 Å². The van der Waals surface area contributed by atoms with Crippen molar-refractivity contribution in [1.29, 1.82) is 0 Å². The summed E-state index contributed by atoms with van der Waals surface area (Å²) in [6.45, 7) is 8.03. The van der Waals surface area contributed by atoms with Gasteiger partial charge in [0.15, 0.2) is 0 Å². The minimum Gasteiger partial charge on any atom is -0.282 e. The standard InChI is InChI=1S/C18H20O3S/c1-10(2)14-9-15-12-7-5-6-8-13(12)17(15)18(22(19,20)21)16(14)11(3)4/h5-11H,1-4H3,(H,19,20,21). The van der Waals surface area contributed by atoms with Crippen LogP contribution in [-0.4, -0.2) is 13.0 Å². The van der Waals surface area contributed by atoms with E-state index in [1.807, 2.05) is 52.0 Å². The SMILES string of the molecule is CC(C)c1cc2c(c(S(=O)(=O)O)c1C(C)C)-c1ccccc1-2. The van der Waals surface area contributed by atoms with Crippen LogP contribution in [0.4, 0.5) is 0 Å². The van der Waals surface area contributed by atoms with E-state index in [-0.39, 0.29) is 16.7 Å². The molecule has 0 spiro atoms. The Labute approximate surface area is 131 Å². The summed E-state index contributed by atoms with van der Waals surface area (Å²) >= 11 is 0. The summed E-state index contributed by atoms with van der Waals surface area (Å²) in [6.07, 6.45) is 0. The van der Waals surface area contributed by atoms with Crippen molar-refractivity contribution in [3.8, 4) is 22.3 Å². The van der Waals surface area contributed by atoms with Crippen LogP contribution in [0, 0.1) is 0 Å². The first-order chi connectivity index (χ1) is 10.2. The van der Waals surface area contributed by atoms with Crippen LogP contribution in [0.15, 0.2) is 35.2 Å². The molecule has 116 valence electrons. The summed E-state index contributed by atoms with van der Waals surface area (Å²) in [6, 6.07) is 9.82. The first-order valence-corrected chi connectivity index (χ1v) is 8.95. The number of fused-ring (bicyclic) bond motifs is 4. The van der Waals surface area contributed by atoms with Crippen LogP contribution in [0.25, 0.3) is 22.3 Å². The predicted molar refractivity (Wildman–Crippen MR) is 88.9 cm³/mol. The van der Waals surface area contributed by atoms with Crippen molar-refractivity contribution >= 4 is 10.1 Å². The zero-order valence-corrected chi connectivity index (χ0v) is 14.0. The zero-order valence-electron chi connectivity index (χ0n) is 13.2. The lowest BCUT2D eigenvalue weighted by atomic mass is 9.75. The highest BCUT2D eigenvalue weighted by atomic mass is 32.2. The third-order valence-electron chi connectivity index (χ3n) is 4.30. The number of hydrogen-bond acceptors (Lipinski definition) is 2. The second-order valence-corrected chi connectivity index (χ2v) is 7.82. The Balaban J connectivity index is 2.45. The molecule has 0 aromatic heterocycles. The van der Waals surface area contributed by atoms with E-state index in [1.165, 1.54) is 0 Å². The van der Waals surface area contributed by atoms with E-state index in [9.17, 15) is 13.0 Å². The summed E-state index contributed by atoms with van der Waals surface area (Å²) in [5, 5.41) is 0. The van der Waals surface area contributed by atoms with E-state index in [1.54, 1.807) is 0 Å². The van der Waals surface area contributed by atoms with Crippen molar-refractivity contribution in [2.45, 2.75) is 44.4 Å². The Kier molecular flexibility index (Phi) is 3.42. The molecule has 1 N–H and O–H groups in total. The Hall–Kier alpha value is -1.65. The molecule has 0 atom stereocenters. The van der Waals surface area contributed by atoms with Crippen LogP contribution in [0.1, 0.15) is 50.7 Å². The number of benzene rings is 2. The van der Waals surface area contributed by atoms with E-state index >= 15 is 0 Å². The maximum absolute atomic E-state index is 12.1. The average Bonchev–Trinajstić information content (AvgIpc) is 2.41. The van der Waals surface area contributed by atoms with E-state index in [2.05, 4.69) is 6.07 Å². The minimum atomic E-state index is -4.28. The molecule has 0 bridgehead atoms. The van der Waals surface area contributed by atoms with Crippen molar-refractivity contribution in [1.82, 2.24) is 0 Å². The van der Waals surface area contributed by atoms with Crippen molar-refractivity contribution in [2.24, 2.45) is 0 Å². The van der Waals surface area contributed by atoms with Gasteiger partial charge < -0.3 is 0 Å². The molecule has 2 aromatic rings. The summed E-state index contributed by atoms with van der Waals surface area (Å²) < 4.78 is 34.1. The van der Waals surface area contributed by atoms with Crippen LogP contribution in [0.3, 0.4) is 0 Å². The van der Waals surface area contributed by atoms with Crippen molar-refractivity contribution in [2.75, 3.05) is 0 Å². The van der Waals surface area contributed by atoms with Gasteiger partial charge in [-0.25, -0.2) is 0 Å². The molecule has 0 unspecified atom stereocenters. The minimum absolute atomic E-state index is 0.0207. The molecule has 0 saturated heterocycles. The highest BCUT2D eigenvalue weighted by Gasteiger charge is 2.35. The molecular weight excluding hydrogens is 296 g/mol. The second kappa shape index (κ2) is 4.93. The molecule has 2 aromatic carbocycles.